The van der Waals surface area contributed by atoms with Gasteiger partial charge in [-0.2, -0.15) is 0 Å². The van der Waals surface area contributed by atoms with Crippen molar-refractivity contribution in [3.63, 3.8) is 0 Å². The highest BCUT2D eigenvalue weighted by Crippen LogP contribution is 2.40. The first-order valence-corrected chi connectivity index (χ1v) is 11.5. The van der Waals surface area contributed by atoms with Crippen LogP contribution in [0.25, 0.3) is 11.1 Å². The van der Waals surface area contributed by atoms with Gasteiger partial charge in [0.05, 0.1) is 6.61 Å². The van der Waals surface area contributed by atoms with Gasteiger partial charge < -0.3 is 28.4 Å². The van der Waals surface area contributed by atoms with Crippen LogP contribution >= 0.6 is 0 Å². The van der Waals surface area contributed by atoms with Gasteiger partial charge in [-0.1, -0.05) is 37.3 Å². The van der Waals surface area contributed by atoms with E-state index in [2.05, 4.69) is 43.3 Å². The van der Waals surface area contributed by atoms with Crippen molar-refractivity contribution in [3.05, 3.63) is 83.4 Å². The van der Waals surface area contributed by atoms with Crippen molar-refractivity contribution in [1.29, 1.82) is 0 Å². The Hall–Kier alpha value is -3.48. The van der Waals surface area contributed by atoms with E-state index in [-0.39, 0.29) is 19.7 Å². The molecule has 1 unspecified atom stereocenters. The minimum Gasteiger partial charge on any atom is -0.491 e. The molecule has 2 heterocycles. The summed E-state index contributed by atoms with van der Waals surface area (Å²) in [6.45, 7) is 4.01. The summed E-state index contributed by atoms with van der Waals surface area (Å²) in [4.78, 5) is 0. The smallest absolute Gasteiger partial charge is 0.231 e. The van der Waals surface area contributed by atoms with Gasteiger partial charge in [0.1, 0.15) is 24.2 Å². The van der Waals surface area contributed by atoms with Gasteiger partial charge in [-0.05, 0) is 70.7 Å². The summed E-state index contributed by atoms with van der Waals surface area (Å²) >= 11 is 0. The second-order valence-electron chi connectivity index (χ2n) is 8.14. The third-order valence-electron chi connectivity index (χ3n) is 5.84. The molecule has 0 saturated carbocycles. The first-order valence-electron chi connectivity index (χ1n) is 11.5. The molecule has 0 N–H and O–H groups in total. The van der Waals surface area contributed by atoms with Crippen LogP contribution in [-0.2, 0) is 9.47 Å². The number of allylic oxidation sites excluding steroid dienone is 1. The molecule has 6 heteroatoms. The lowest BCUT2D eigenvalue weighted by Crippen LogP contribution is -2.04. The standard InChI is InChI=1S/C28H28O6/c1-3-25(21-8-13-26-27(14-21)34-18-33-26)28(20-6-11-23(12-7-20)32-17-29-2)19-4-9-22(10-5-19)30-15-24-16-31-24/h4-14,24H,3,15-18H2,1-2H3/b28-25+. The molecule has 6 nitrogen and oxygen atoms in total. The average Bonchev–Trinajstić information content (AvgIpc) is 3.60. The Morgan fingerprint density at radius 1 is 0.824 bits per heavy atom. The van der Waals surface area contributed by atoms with Gasteiger partial charge in [-0.25, -0.2) is 0 Å². The molecule has 176 valence electrons. The van der Waals surface area contributed by atoms with Crippen molar-refractivity contribution >= 4 is 11.1 Å². The molecule has 0 aromatic heterocycles. The zero-order chi connectivity index (χ0) is 23.3. The fourth-order valence-corrected chi connectivity index (χ4v) is 4.04. The fourth-order valence-electron chi connectivity index (χ4n) is 4.04. The van der Waals surface area contributed by atoms with Crippen LogP contribution in [0.2, 0.25) is 0 Å². The third kappa shape index (κ3) is 5.03. The summed E-state index contributed by atoms with van der Waals surface area (Å²) in [6.07, 6.45) is 1.07. The zero-order valence-corrected chi connectivity index (χ0v) is 19.4. The summed E-state index contributed by atoms with van der Waals surface area (Å²) in [7, 11) is 1.61. The predicted molar refractivity (Wildman–Crippen MR) is 129 cm³/mol. The number of ether oxygens (including phenoxy) is 6. The molecule has 3 aromatic carbocycles. The van der Waals surface area contributed by atoms with Crippen molar-refractivity contribution < 1.29 is 28.4 Å². The first kappa shape index (κ1) is 22.3. The van der Waals surface area contributed by atoms with Crippen LogP contribution in [0.3, 0.4) is 0 Å². The number of epoxide rings is 1. The van der Waals surface area contributed by atoms with Crippen LogP contribution in [0.15, 0.2) is 66.7 Å². The molecule has 0 spiro atoms. The van der Waals surface area contributed by atoms with Crippen LogP contribution in [0.5, 0.6) is 23.0 Å². The van der Waals surface area contributed by atoms with Gasteiger partial charge in [-0.15, -0.1) is 0 Å². The largest absolute Gasteiger partial charge is 0.491 e. The van der Waals surface area contributed by atoms with E-state index in [1.54, 1.807) is 7.11 Å². The number of benzene rings is 3. The zero-order valence-electron chi connectivity index (χ0n) is 19.4. The Labute approximate surface area is 199 Å². The Morgan fingerprint density at radius 2 is 1.44 bits per heavy atom. The second-order valence-corrected chi connectivity index (χ2v) is 8.14. The highest BCUT2D eigenvalue weighted by molar-refractivity contribution is 5.99. The molecule has 0 aliphatic carbocycles. The van der Waals surface area contributed by atoms with E-state index in [1.165, 1.54) is 5.57 Å². The van der Waals surface area contributed by atoms with Crippen molar-refractivity contribution in [1.82, 2.24) is 0 Å². The molecule has 1 fully saturated rings. The van der Waals surface area contributed by atoms with E-state index < -0.39 is 0 Å². The van der Waals surface area contributed by atoms with Crippen LogP contribution in [0, 0.1) is 0 Å². The molecule has 3 aromatic rings. The van der Waals surface area contributed by atoms with Crippen molar-refractivity contribution in [2.75, 3.05) is 33.9 Å². The van der Waals surface area contributed by atoms with Crippen LogP contribution in [0.4, 0.5) is 0 Å². The lowest BCUT2D eigenvalue weighted by molar-refractivity contribution is 0.0511. The fraction of sp³-hybridized carbons (Fsp3) is 0.286. The maximum absolute atomic E-state index is 5.85. The van der Waals surface area contributed by atoms with E-state index in [9.17, 15) is 0 Å². The minimum absolute atomic E-state index is 0.215. The Morgan fingerprint density at radius 3 is 2.06 bits per heavy atom. The molecule has 0 amide bonds. The number of rotatable bonds is 10. The summed E-state index contributed by atoms with van der Waals surface area (Å²) in [5, 5.41) is 0. The third-order valence-corrected chi connectivity index (χ3v) is 5.84. The highest BCUT2D eigenvalue weighted by atomic mass is 16.7. The molecule has 34 heavy (non-hydrogen) atoms. The summed E-state index contributed by atoms with van der Waals surface area (Å²) in [5.41, 5.74) is 5.67. The van der Waals surface area contributed by atoms with Gasteiger partial charge >= 0.3 is 0 Å². The van der Waals surface area contributed by atoms with E-state index in [4.69, 9.17) is 28.4 Å². The maximum Gasteiger partial charge on any atom is 0.231 e. The van der Waals surface area contributed by atoms with Gasteiger partial charge in [0.25, 0.3) is 0 Å². The molecular weight excluding hydrogens is 432 g/mol. The molecule has 2 aliphatic heterocycles. The van der Waals surface area contributed by atoms with E-state index in [0.717, 1.165) is 58.3 Å². The second kappa shape index (κ2) is 10.2. The number of hydrogen-bond acceptors (Lipinski definition) is 6. The van der Waals surface area contributed by atoms with Crippen LogP contribution in [-0.4, -0.2) is 40.0 Å². The average molecular weight is 461 g/mol. The molecule has 0 bridgehead atoms. The monoisotopic (exact) mass is 460 g/mol. The lowest BCUT2D eigenvalue weighted by atomic mass is 9.88. The van der Waals surface area contributed by atoms with Gasteiger partial charge in [0.15, 0.2) is 18.3 Å². The normalized spacial score (nSPS) is 16.7. The highest BCUT2D eigenvalue weighted by Gasteiger charge is 2.23. The van der Waals surface area contributed by atoms with Gasteiger partial charge in [0, 0.05) is 7.11 Å². The lowest BCUT2D eigenvalue weighted by Gasteiger charge is -2.17. The topological polar surface area (TPSA) is 58.7 Å². The molecule has 1 atom stereocenters. The summed E-state index contributed by atoms with van der Waals surface area (Å²) in [5.74, 6) is 3.15. The quantitative estimate of drug-likeness (QED) is 0.225. The Balaban J connectivity index is 1.54. The van der Waals surface area contributed by atoms with E-state index in [1.807, 2.05) is 30.3 Å². The molecule has 0 radical (unpaired) electrons. The van der Waals surface area contributed by atoms with E-state index in [0.29, 0.717) is 6.61 Å². The number of fused-ring (bicyclic) bond motifs is 1. The van der Waals surface area contributed by atoms with Gasteiger partial charge in [-0.3, -0.25) is 0 Å². The molecule has 1 saturated heterocycles. The van der Waals surface area contributed by atoms with Crippen molar-refractivity contribution in [3.8, 4) is 23.0 Å². The van der Waals surface area contributed by atoms with Crippen molar-refractivity contribution in [2.45, 2.75) is 19.4 Å². The Bertz CT molecular complexity index is 1150. The predicted octanol–water partition coefficient (Wildman–Crippen LogP) is 5.54. The number of hydrogen-bond donors (Lipinski definition) is 0. The number of methoxy groups -OCH3 is 1. The minimum atomic E-state index is 0.215. The summed E-state index contributed by atoms with van der Waals surface area (Å²) < 4.78 is 32.9. The molecule has 2 aliphatic rings. The van der Waals surface area contributed by atoms with Crippen LogP contribution < -0.4 is 18.9 Å². The van der Waals surface area contributed by atoms with Crippen LogP contribution in [0.1, 0.15) is 30.0 Å². The first-order chi connectivity index (χ1) is 16.7. The van der Waals surface area contributed by atoms with E-state index >= 15 is 0 Å². The molecule has 5 rings (SSSR count). The SMILES string of the molecule is CC/C(=C(\c1ccc(OCOC)cc1)c1ccc(OCC2CO2)cc1)c1ccc2c(c1)OCO2. The maximum atomic E-state index is 5.85. The van der Waals surface area contributed by atoms with Crippen molar-refractivity contribution in [2.24, 2.45) is 0 Å². The summed E-state index contributed by atoms with van der Waals surface area (Å²) in [6, 6.07) is 22.5. The van der Waals surface area contributed by atoms with Gasteiger partial charge in [0.2, 0.25) is 6.79 Å². The molecular formula is C28H28O6. The Kier molecular flexibility index (Phi) is 6.70.